The van der Waals surface area contributed by atoms with Crippen LogP contribution in [-0.4, -0.2) is 17.2 Å². The molecule has 1 unspecified atom stereocenters. The summed E-state index contributed by atoms with van der Waals surface area (Å²) in [5.41, 5.74) is 0.395. The minimum Gasteiger partial charge on any atom is -0.340 e. The summed E-state index contributed by atoms with van der Waals surface area (Å²) in [6.07, 6.45) is 8.11. The first-order valence-corrected chi connectivity index (χ1v) is 9.01. The molecule has 5 heteroatoms. The third-order valence-corrected chi connectivity index (χ3v) is 5.52. The van der Waals surface area contributed by atoms with Gasteiger partial charge >= 0.3 is 0 Å². The number of nitrogens with one attached hydrogen (secondary N) is 1. The van der Waals surface area contributed by atoms with Gasteiger partial charge in [0.2, 0.25) is 0 Å². The zero-order valence-corrected chi connectivity index (χ0v) is 15.6. The number of hydrogen-bond acceptors (Lipinski definition) is 2. The molecule has 1 N–H and O–H groups in total. The molecule has 0 fully saturated rings. The monoisotopic (exact) mass is 441 g/mol. The van der Waals surface area contributed by atoms with Crippen molar-refractivity contribution in [2.45, 2.75) is 31.7 Å². The van der Waals surface area contributed by atoms with Crippen molar-refractivity contribution in [3.8, 4) is 0 Å². The number of hydrogen-bond donors (Lipinski definition) is 1. The number of fused-ring (bicyclic) bond motifs is 1. The molecule has 3 rings (SSSR count). The summed E-state index contributed by atoms with van der Waals surface area (Å²) in [5.74, 6) is 0.0814. The number of allylic oxidation sites excluding steroid dienone is 4. The topological polar surface area (TPSA) is 46.2 Å². The van der Waals surface area contributed by atoms with E-state index in [-0.39, 0.29) is 24.0 Å². The van der Waals surface area contributed by atoms with Crippen molar-refractivity contribution in [2.75, 3.05) is 0 Å². The molecule has 1 aliphatic carbocycles. The molecule has 0 saturated heterocycles. The number of carbonyl (C=O) groups excluding carboxylic acids is 2. The van der Waals surface area contributed by atoms with E-state index in [2.05, 4.69) is 46.1 Å². The lowest BCUT2D eigenvalue weighted by molar-refractivity contribution is -0.124. The van der Waals surface area contributed by atoms with E-state index in [1.807, 2.05) is 6.92 Å². The lowest BCUT2D eigenvalue weighted by Gasteiger charge is -2.31. The van der Waals surface area contributed by atoms with E-state index >= 15 is 0 Å². The Morgan fingerprint density at radius 1 is 1.39 bits per heavy atom. The number of carbonyl (C=O) groups is 2. The summed E-state index contributed by atoms with van der Waals surface area (Å²) >= 11 is 8.27. The summed E-state index contributed by atoms with van der Waals surface area (Å²) in [7, 11) is 0. The van der Waals surface area contributed by atoms with Crippen molar-refractivity contribution in [1.82, 2.24) is 5.32 Å². The highest BCUT2D eigenvalue weighted by Crippen LogP contribution is 2.31. The number of ketones is 1. The van der Waals surface area contributed by atoms with E-state index in [1.165, 1.54) is 3.58 Å². The molecule has 120 valence electrons. The normalized spacial score (nSPS) is 27.1. The maximum absolute atomic E-state index is 12.8. The molecule has 0 bridgehead atoms. The molecule has 1 heterocycles. The molecule has 1 aliphatic heterocycles. The quantitative estimate of drug-likeness (QED) is 0.698. The number of rotatable bonds is 2. The van der Waals surface area contributed by atoms with Gasteiger partial charge in [-0.05, 0) is 66.0 Å². The lowest BCUT2D eigenvalue weighted by atomic mass is 9.81. The van der Waals surface area contributed by atoms with Crippen LogP contribution in [0.15, 0.2) is 40.0 Å². The maximum Gasteiger partial charge on any atom is 0.252 e. The molecule has 3 nitrogen and oxygen atoms in total. The smallest absolute Gasteiger partial charge is 0.252 e. The van der Waals surface area contributed by atoms with Crippen LogP contribution in [0.3, 0.4) is 0 Å². The molecule has 1 aromatic rings. The highest BCUT2D eigenvalue weighted by atomic mass is 127. The van der Waals surface area contributed by atoms with Gasteiger partial charge in [0.05, 0.1) is 5.54 Å². The lowest BCUT2D eigenvalue weighted by Crippen LogP contribution is -2.52. The molecule has 23 heavy (non-hydrogen) atoms. The van der Waals surface area contributed by atoms with Crippen molar-refractivity contribution >= 4 is 45.9 Å². The van der Waals surface area contributed by atoms with Crippen LogP contribution in [0.4, 0.5) is 0 Å². The van der Waals surface area contributed by atoms with Crippen LogP contribution in [-0.2, 0) is 11.2 Å². The molecule has 0 spiro atoms. The second-order valence-corrected chi connectivity index (χ2v) is 8.02. The average molecular weight is 442 g/mol. The fourth-order valence-electron chi connectivity index (χ4n) is 3.15. The molecule has 0 aromatic heterocycles. The number of Topliss-reactive ketones (excluding diaryl/α,β-unsaturated/α-hetero) is 1. The summed E-state index contributed by atoms with van der Waals surface area (Å²) in [4.78, 5) is 25.3. The minimum atomic E-state index is -0.853. The van der Waals surface area contributed by atoms with Crippen LogP contribution in [0.1, 0.15) is 35.7 Å². The molecular formula is C18H17ClINO2. The van der Waals surface area contributed by atoms with Crippen molar-refractivity contribution in [2.24, 2.45) is 5.92 Å². The summed E-state index contributed by atoms with van der Waals surface area (Å²) in [5, 5.41) is 3.45. The Morgan fingerprint density at radius 2 is 2.17 bits per heavy atom. The van der Waals surface area contributed by atoms with Gasteiger partial charge in [0.1, 0.15) is 0 Å². The van der Waals surface area contributed by atoms with Gasteiger partial charge in [-0.3, -0.25) is 9.59 Å². The number of halogens is 2. The maximum atomic E-state index is 12.8. The SMILES string of the molecule is C[C@@]1(CC2C=CC(I)=CC2)NC(=O)c2cc(Cl)ccc2CC1=O. The van der Waals surface area contributed by atoms with Gasteiger partial charge in [0, 0.05) is 20.6 Å². The van der Waals surface area contributed by atoms with E-state index in [4.69, 9.17) is 11.6 Å². The van der Waals surface area contributed by atoms with Gasteiger partial charge < -0.3 is 5.32 Å². The molecule has 2 aliphatic rings. The zero-order valence-electron chi connectivity index (χ0n) is 12.7. The first-order chi connectivity index (χ1) is 10.9. The van der Waals surface area contributed by atoms with Crippen LogP contribution in [0.5, 0.6) is 0 Å². The van der Waals surface area contributed by atoms with E-state index in [0.717, 1.165) is 12.0 Å². The van der Waals surface area contributed by atoms with E-state index in [1.54, 1.807) is 18.2 Å². The Bertz CT molecular complexity index is 741. The first kappa shape index (κ1) is 16.7. The Hall–Kier alpha value is -1.14. The molecule has 0 radical (unpaired) electrons. The predicted molar refractivity (Wildman–Crippen MR) is 100 cm³/mol. The van der Waals surface area contributed by atoms with Crippen LogP contribution in [0, 0.1) is 5.92 Å². The van der Waals surface area contributed by atoms with Crippen molar-refractivity contribution in [1.29, 1.82) is 0 Å². The fourth-order valence-corrected chi connectivity index (χ4v) is 3.78. The molecule has 0 saturated carbocycles. The van der Waals surface area contributed by atoms with Gasteiger partial charge in [-0.25, -0.2) is 0 Å². The van der Waals surface area contributed by atoms with Gasteiger partial charge in [0.15, 0.2) is 5.78 Å². The Kier molecular flexibility index (Phi) is 4.65. The predicted octanol–water partition coefficient (Wildman–Crippen LogP) is 4.24. The van der Waals surface area contributed by atoms with Crippen LogP contribution in [0.25, 0.3) is 0 Å². The summed E-state index contributed by atoms with van der Waals surface area (Å²) < 4.78 is 1.21. The van der Waals surface area contributed by atoms with Crippen LogP contribution < -0.4 is 5.32 Å². The van der Waals surface area contributed by atoms with Crippen molar-refractivity contribution in [3.05, 3.63) is 56.2 Å². The third kappa shape index (κ3) is 3.53. The highest BCUT2D eigenvalue weighted by molar-refractivity contribution is 14.1. The van der Waals surface area contributed by atoms with Crippen molar-refractivity contribution < 1.29 is 9.59 Å². The number of amides is 1. The third-order valence-electron chi connectivity index (χ3n) is 4.49. The molecule has 1 aromatic carbocycles. The number of benzene rings is 1. The van der Waals surface area contributed by atoms with Gasteiger partial charge in [-0.1, -0.05) is 35.9 Å². The Balaban J connectivity index is 1.86. The van der Waals surface area contributed by atoms with Crippen LogP contribution in [0.2, 0.25) is 5.02 Å². The highest BCUT2D eigenvalue weighted by Gasteiger charge is 2.39. The van der Waals surface area contributed by atoms with Gasteiger partial charge in [0.25, 0.3) is 5.91 Å². The van der Waals surface area contributed by atoms with Crippen LogP contribution >= 0.6 is 34.2 Å². The zero-order chi connectivity index (χ0) is 16.6. The summed E-state index contributed by atoms with van der Waals surface area (Å²) in [6.45, 7) is 1.83. The molecular weight excluding hydrogens is 425 g/mol. The Labute approximate surface area is 154 Å². The Morgan fingerprint density at radius 3 is 2.87 bits per heavy atom. The molecule has 2 atom stereocenters. The van der Waals surface area contributed by atoms with Gasteiger partial charge in [-0.15, -0.1) is 0 Å². The standard InChI is InChI=1S/C18H17ClINO2/c1-18(10-11-2-6-14(20)7-3-11)16(22)8-12-4-5-13(19)9-15(12)17(23)21-18/h2,4-7,9,11H,3,8,10H2,1H3,(H,21,23)/t11?,18-/m0/s1. The average Bonchev–Trinajstić information content (AvgIpc) is 2.59. The second kappa shape index (κ2) is 6.40. The van der Waals surface area contributed by atoms with E-state index < -0.39 is 5.54 Å². The second-order valence-electron chi connectivity index (χ2n) is 6.34. The van der Waals surface area contributed by atoms with E-state index in [9.17, 15) is 9.59 Å². The first-order valence-electron chi connectivity index (χ1n) is 7.55. The summed E-state index contributed by atoms with van der Waals surface area (Å²) in [6, 6.07) is 5.13. The largest absolute Gasteiger partial charge is 0.340 e. The van der Waals surface area contributed by atoms with E-state index in [0.29, 0.717) is 17.0 Å². The van der Waals surface area contributed by atoms with Gasteiger partial charge in [-0.2, -0.15) is 0 Å². The fraction of sp³-hybridized carbons (Fsp3) is 0.333. The minimum absolute atomic E-state index is 0.0459. The molecule has 1 amide bonds. The van der Waals surface area contributed by atoms with Crippen molar-refractivity contribution in [3.63, 3.8) is 0 Å².